The third-order valence-electron chi connectivity index (χ3n) is 3.03. The molecule has 2 amide bonds. The number of ether oxygens (including phenoxy) is 1. The van der Waals surface area contributed by atoms with Gasteiger partial charge in [-0.1, -0.05) is 6.08 Å². The van der Waals surface area contributed by atoms with Crippen molar-refractivity contribution in [2.75, 3.05) is 13.7 Å². The third kappa shape index (κ3) is 3.91. The molecule has 0 unspecified atom stereocenters. The Balaban J connectivity index is 2.45. The number of benzene rings is 1. The largest absolute Gasteiger partial charge is 0.495 e. The molecular formula is C15H12I2N2O3S. The predicted molar refractivity (Wildman–Crippen MR) is 109 cm³/mol. The van der Waals surface area contributed by atoms with E-state index in [0.717, 1.165) is 18.5 Å². The smallest absolute Gasteiger partial charge is 0.265 e. The number of carbonyl (C=O) groups is 2. The van der Waals surface area contributed by atoms with Crippen molar-refractivity contribution in [1.82, 2.24) is 10.2 Å². The van der Waals surface area contributed by atoms with Crippen molar-refractivity contribution in [3.8, 4) is 5.75 Å². The molecule has 1 aromatic rings. The molecule has 1 aromatic carbocycles. The number of nitrogens with zero attached hydrogens (tertiary/aromatic N) is 1. The van der Waals surface area contributed by atoms with E-state index in [2.05, 4.69) is 57.1 Å². The van der Waals surface area contributed by atoms with Crippen molar-refractivity contribution in [3.05, 3.63) is 43.1 Å². The van der Waals surface area contributed by atoms with E-state index in [1.54, 1.807) is 19.3 Å². The van der Waals surface area contributed by atoms with E-state index in [1.807, 2.05) is 12.1 Å². The van der Waals surface area contributed by atoms with Crippen molar-refractivity contribution in [2.24, 2.45) is 0 Å². The lowest BCUT2D eigenvalue weighted by molar-refractivity contribution is -0.128. The first-order valence-electron chi connectivity index (χ1n) is 6.41. The molecule has 120 valence electrons. The highest BCUT2D eigenvalue weighted by molar-refractivity contribution is 14.1. The van der Waals surface area contributed by atoms with Crippen molar-refractivity contribution >= 4 is 80.4 Å². The number of amides is 2. The van der Waals surface area contributed by atoms with Crippen LogP contribution in [0.25, 0.3) is 6.08 Å². The van der Waals surface area contributed by atoms with Gasteiger partial charge in [-0.2, -0.15) is 0 Å². The van der Waals surface area contributed by atoms with Crippen LogP contribution in [0.5, 0.6) is 5.75 Å². The maximum atomic E-state index is 12.5. The van der Waals surface area contributed by atoms with Gasteiger partial charge in [0.15, 0.2) is 5.11 Å². The molecule has 0 aromatic heterocycles. The molecule has 8 heteroatoms. The number of rotatable bonds is 4. The molecule has 0 saturated carbocycles. The minimum absolute atomic E-state index is 0.0391. The molecule has 1 aliphatic rings. The van der Waals surface area contributed by atoms with Crippen molar-refractivity contribution in [3.63, 3.8) is 0 Å². The van der Waals surface area contributed by atoms with Crippen LogP contribution in [0.15, 0.2) is 30.4 Å². The summed E-state index contributed by atoms with van der Waals surface area (Å²) in [6.07, 6.45) is 3.11. The Bertz CT molecular complexity index is 723. The Labute approximate surface area is 166 Å². The normalized spacial score (nSPS) is 16.6. The molecule has 1 N–H and O–H groups in total. The van der Waals surface area contributed by atoms with Gasteiger partial charge in [-0.05, 0) is 81.2 Å². The molecule has 23 heavy (non-hydrogen) atoms. The maximum Gasteiger partial charge on any atom is 0.265 e. The van der Waals surface area contributed by atoms with Crippen LogP contribution in [-0.2, 0) is 9.59 Å². The summed E-state index contributed by atoms with van der Waals surface area (Å²) in [5.41, 5.74) is 0.779. The van der Waals surface area contributed by atoms with Crippen LogP contribution in [-0.4, -0.2) is 35.5 Å². The first-order chi connectivity index (χ1) is 10.9. The topological polar surface area (TPSA) is 58.6 Å². The Hall–Kier alpha value is -1.01. The lowest BCUT2D eigenvalue weighted by Gasteiger charge is -2.27. The van der Waals surface area contributed by atoms with E-state index < -0.39 is 11.8 Å². The Morgan fingerprint density at radius 1 is 1.35 bits per heavy atom. The zero-order valence-corrected chi connectivity index (χ0v) is 17.2. The number of halogens is 2. The molecule has 2 rings (SSSR count). The van der Waals surface area contributed by atoms with E-state index >= 15 is 0 Å². The molecule has 1 heterocycles. The lowest BCUT2D eigenvalue weighted by Crippen LogP contribution is -2.53. The molecule has 1 aliphatic heterocycles. The van der Waals surface area contributed by atoms with E-state index in [4.69, 9.17) is 17.0 Å². The Morgan fingerprint density at radius 3 is 2.48 bits per heavy atom. The summed E-state index contributed by atoms with van der Waals surface area (Å²) in [6.45, 7) is 3.84. The van der Waals surface area contributed by atoms with Crippen LogP contribution >= 0.6 is 57.4 Å². The second kappa shape index (κ2) is 7.71. The molecular weight excluding hydrogens is 542 g/mol. The van der Waals surface area contributed by atoms with Gasteiger partial charge >= 0.3 is 0 Å². The fourth-order valence-electron chi connectivity index (χ4n) is 2.01. The highest BCUT2D eigenvalue weighted by atomic mass is 127. The monoisotopic (exact) mass is 554 g/mol. The van der Waals surface area contributed by atoms with Crippen molar-refractivity contribution in [1.29, 1.82) is 0 Å². The van der Waals surface area contributed by atoms with Gasteiger partial charge in [0.1, 0.15) is 11.3 Å². The van der Waals surface area contributed by atoms with E-state index in [9.17, 15) is 9.59 Å². The standard InChI is InChI=1S/C15H12I2N2O3S/c1-3-4-19-14(21)9(13(20)18-15(19)23)5-8-6-10(16)12(22-2)11(17)7-8/h3,5-7H,1,4H2,2H3,(H,18,20,23)/b9-5+. The van der Waals surface area contributed by atoms with Crippen LogP contribution in [0.4, 0.5) is 0 Å². The molecule has 0 atom stereocenters. The summed E-state index contributed by atoms with van der Waals surface area (Å²) in [7, 11) is 1.60. The number of thiocarbonyl (C=S) groups is 1. The first kappa shape index (κ1) is 18.3. The summed E-state index contributed by atoms with van der Waals surface area (Å²) in [4.78, 5) is 25.9. The highest BCUT2D eigenvalue weighted by Crippen LogP contribution is 2.29. The van der Waals surface area contributed by atoms with Gasteiger partial charge in [0.05, 0.1) is 14.3 Å². The van der Waals surface area contributed by atoms with Gasteiger partial charge < -0.3 is 4.74 Å². The lowest BCUT2D eigenvalue weighted by atomic mass is 10.1. The Morgan fingerprint density at radius 2 is 1.96 bits per heavy atom. The van der Waals surface area contributed by atoms with Gasteiger partial charge in [0.2, 0.25) is 0 Å². The van der Waals surface area contributed by atoms with Gasteiger partial charge in [0.25, 0.3) is 11.8 Å². The van der Waals surface area contributed by atoms with E-state index in [-0.39, 0.29) is 17.2 Å². The van der Waals surface area contributed by atoms with E-state index in [1.165, 1.54) is 4.90 Å². The summed E-state index contributed by atoms with van der Waals surface area (Å²) < 4.78 is 7.10. The SMILES string of the molecule is C=CCN1C(=O)/C(=C/c2cc(I)c(OC)c(I)c2)C(=O)NC1=S. The average molecular weight is 554 g/mol. The molecule has 0 spiro atoms. The second-order valence-electron chi connectivity index (χ2n) is 4.54. The fourth-order valence-corrected chi connectivity index (χ4v) is 4.52. The molecule has 1 fully saturated rings. The highest BCUT2D eigenvalue weighted by Gasteiger charge is 2.32. The minimum Gasteiger partial charge on any atom is -0.495 e. The minimum atomic E-state index is -0.499. The van der Waals surface area contributed by atoms with Gasteiger partial charge in [-0.25, -0.2) is 0 Å². The van der Waals surface area contributed by atoms with Crippen LogP contribution in [0, 0.1) is 7.14 Å². The zero-order valence-electron chi connectivity index (χ0n) is 12.1. The zero-order chi connectivity index (χ0) is 17.1. The predicted octanol–water partition coefficient (Wildman–Crippen LogP) is 2.72. The van der Waals surface area contributed by atoms with Gasteiger partial charge in [0, 0.05) is 6.54 Å². The van der Waals surface area contributed by atoms with Crippen LogP contribution in [0.3, 0.4) is 0 Å². The van der Waals surface area contributed by atoms with Crippen LogP contribution < -0.4 is 10.1 Å². The van der Waals surface area contributed by atoms with Crippen LogP contribution in [0.1, 0.15) is 5.56 Å². The average Bonchev–Trinajstić information content (AvgIpc) is 2.47. The van der Waals surface area contributed by atoms with Gasteiger partial charge in [-0.15, -0.1) is 6.58 Å². The second-order valence-corrected chi connectivity index (χ2v) is 7.25. The third-order valence-corrected chi connectivity index (χ3v) is 4.96. The number of nitrogens with one attached hydrogen (secondary N) is 1. The fraction of sp³-hybridized carbons (Fsp3) is 0.133. The molecule has 1 saturated heterocycles. The number of carbonyl (C=O) groups excluding carboxylic acids is 2. The maximum absolute atomic E-state index is 12.5. The first-order valence-corrected chi connectivity index (χ1v) is 8.98. The summed E-state index contributed by atoms with van der Waals surface area (Å²) in [5.74, 6) is -0.164. The number of methoxy groups -OCH3 is 1. The van der Waals surface area contributed by atoms with Crippen molar-refractivity contribution < 1.29 is 14.3 Å². The van der Waals surface area contributed by atoms with Crippen LogP contribution in [0.2, 0.25) is 0 Å². The van der Waals surface area contributed by atoms with Crippen molar-refractivity contribution in [2.45, 2.75) is 0 Å². The summed E-state index contributed by atoms with van der Waals surface area (Å²) in [5, 5.41) is 2.61. The number of hydrogen-bond donors (Lipinski definition) is 1. The number of hydrogen-bond acceptors (Lipinski definition) is 4. The summed E-state index contributed by atoms with van der Waals surface area (Å²) in [6, 6.07) is 3.69. The molecule has 0 radical (unpaired) electrons. The molecule has 5 nitrogen and oxygen atoms in total. The van der Waals surface area contributed by atoms with E-state index in [0.29, 0.717) is 0 Å². The molecule has 0 bridgehead atoms. The Kier molecular flexibility index (Phi) is 6.14. The molecule has 0 aliphatic carbocycles. The summed E-state index contributed by atoms with van der Waals surface area (Å²) >= 11 is 9.31. The van der Waals surface area contributed by atoms with Gasteiger partial charge in [-0.3, -0.25) is 19.8 Å². The quantitative estimate of drug-likeness (QED) is 0.205.